The maximum Gasteiger partial charge on any atom is 0.251 e. The molecule has 0 spiro atoms. The number of hydrogen-bond donors (Lipinski definition) is 3. The van der Waals surface area contributed by atoms with E-state index in [1.54, 1.807) is 19.1 Å². The first-order valence-electron chi connectivity index (χ1n) is 6.23. The molecule has 4 heteroatoms. The van der Waals surface area contributed by atoms with E-state index in [2.05, 4.69) is 19.2 Å². The number of amides is 1. The number of nitrogens with two attached hydrogens (primary N) is 1. The predicted octanol–water partition coefficient (Wildman–Crippen LogP) is 1.25. The van der Waals surface area contributed by atoms with Gasteiger partial charge in [0.15, 0.2) is 0 Å². The summed E-state index contributed by atoms with van der Waals surface area (Å²) in [5.41, 5.74) is 7.45. The third kappa shape index (κ3) is 4.13. The fourth-order valence-corrected chi connectivity index (χ4v) is 1.50. The summed E-state index contributed by atoms with van der Waals surface area (Å²) in [5, 5.41) is 11.9. The zero-order valence-corrected chi connectivity index (χ0v) is 11.2. The highest BCUT2D eigenvalue weighted by Crippen LogP contribution is 2.14. The van der Waals surface area contributed by atoms with Crippen LogP contribution in [0.2, 0.25) is 0 Å². The van der Waals surface area contributed by atoms with E-state index in [9.17, 15) is 9.90 Å². The van der Waals surface area contributed by atoms with Gasteiger partial charge >= 0.3 is 0 Å². The first-order valence-corrected chi connectivity index (χ1v) is 6.23. The Balaban J connectivity index is 2.57. The highest BCUT2D eigenvalue weighted by Gasteiger charge is 2.12. The fraction of sp³-hybridized carbons (Fsp3) is 0.500. The van der Waals surface area contributed by atoms with E-state index in [0.717, 1.165) is 0 Å². The number of hydrogen-bond acceptors (Lipinski definition) is 3. The van der Waals surface area contributed by atoms with Gasteiger partial charge in [-0.15, -0.1) is 0 Å². The number of nitrogens with one attached hydrogen (secondary N) is 1. The number of aliphatic hydroxyl groups excluding tert-OH is 1. The Bertz CT molecular complexity index is 385. The average molecular weight is 250 g/mol. The lowest BCUT2D eigenvalue weighted by molar-refractivity contribution is 0.0937. The average Bonchev–Trinajstić information content (AvgIpc) is 2.35. The van der Waals surface area contributed by atoms with Crippen LogP contribution in [0.25, 0.3) is 0 Å². The van der Waals surface area contributed by atoms with Crippen LogP contribution in [0.3, 0.4) is 0 Å². The van der Waals surface area contributed by atoms with Crippen molar-refractivity contribution in [3.05, 3.63) is 35.4 Å². The molecule has 2 unspecified atom stereocenters. The lowest BCUT2D eigenvalue weighted by Crippen LogP contribution is -2.43. The van der Waals surface area contributed by atoms with E-state index in [4.69, 9.17) is 5.73 Å². The second-order valence-electron chi connectivity index (χ2n) is 4.89. The summed E-state index contributed by atoms with van der Waals surface area (Å²) >= 11 is 0. The first-order chi connectivity index (χ1) is 8.41. The normalized spacial score (nSPS) is 14.3. The standard InChI is InChI=1S/C14H22N2O2/c1-9(2)11-4-6-12(7-5-11)14(18)16-8-13(15)10(3)17/h4-7,9-10,13,17H,8,15H2,1-3H3,(H,16,18). The molecule has 0 fully saturated rings. The topological polar surface area (TPSA) is 75.4 Å². The van der Waals surface area contributed by atoms with Gasteiger partial charge in [0.25, 0.3) is 5.91 Å². The minimum atomic E-state index is -0.631. The van der Waals surface area contributed by atoms with Gasteiger partial charge in [-0.05, 0) is 30.5 Å². The molecule has 0 aliphatic carbocycles. The van der Waals surface area contributed by atoms with Gasteiger partial charge in [-0.1, -0.05) is 26.0 Å². The molecular formula is C14H22N2O2. The number of benzene rings is 1. The van der Waals surface area contributed by atoms with Crippen LogP contribution in [-0.2, 0) is 0 Å². The number of carbonyl (C=O) groups is 1. The number of aliphatic hydroxyl groups is 1. The van der Waals surface area contributed by atoms with Gasteiger partial charge in [-0.2, -0.15) is 0 Å². The Morgan fingerprint density at radius 3 is 2.28 bits per heavy atom. The van der Waals surface area contributed by atoms with Crippen LogP contribution in [0, 0.1) is 0 Å². The molecule has 18 heavy (non-hydrogen) atoms. The molecule has 0 bridgehead atoms. The van der Waals surface area contributed by atoms with Crippen molar-refractivity contribution in [3.8, 4) is 0 Å². The van der Waals surface area contributed by atoms with Crippen LogP contribution >= 0.6 is 0 Å². The zero-order valence-electron chi connectivity index (χ0n) is 11.2. The van der Waals surface area contributed by atoms with Crippen molar-refractivity contribution in [2.75, 3.05) is 6.54 Å². The lowest BCUT2D eigenvalue weighted by atomic mass is 10.0. The molecule has 0 aliphatic rings. The van der Waals surface area contributed by atoms with Crippen molar-refractivity contribution < 1.29 is 9.90 Å². The maximum atomic E-state index is 11.8. The third-order valence-corrected chi connectivity index (χ3v) is 2.96. The number of rotatable bonds is 5. The summed E-state index contributed by atoms with van der Waals surface area (Å²) in [6.45, 7) is 6.09. The quantitative estimate of drug-likeness (QED) is 0.736. The van der Waals surface area contributed by atoms with Gasteiger partial charge in [0.05, 0.1) is 6.10 Å². The molecule has 2 atom stereocenters. The van der Waals surface area contributed by atoms with E-state index >= 15 is 0 Å². The molecule has 1 rings (SSSR count). The summed E-state index contributed by atoms with van der Waals surface area (Å²) in [5.74, 6) is 0.284. The van der Waals surface area contributed by atoms with E-state index in [1.165, 1.54) is 5.56 Å². The van der Waals surface area contributed by atoms with E-state index in [0.29, 0.717) is 11.5 Å². The van der Waals surface area contributed by atoms with Crippen molar-refractivity contribution in [2.24, 2.45) is 5.73 Å². The molecule has 0 saturated heterocycles. The summed E-state index contributed by atoms with van der Waals surface area (Å²) in [4.78, 5) is 11.8. The molecule has 1 aromatic rings. The molecular weight excluding hydrogens is 228 g/mol. The monoisotopic (exact) mass is 250 g/mol. The van der Waals surface area contributed by atoms with Gasteiger partial charge in [0, 0.05) is 18.2 Å². The lowest BCUT2D eigenvalue weighted by Gasteiger charge is -2.15. The maximum absolute atomic E-state index is 11.8. The zero-order chi connectivity index (χ0) is 13.7. The van der Waals surface area contributed by atoms with Crippen molar-refractivity contribution in [1.29, 1.82) is 0 Å². The highest BCUT2D eigenvalue weighted by molar-refractivity contribution is 5.94. The smallest absolute Gasteiger partial charge is 0.251 e. The van der Waals surface area contributed by atoms with E-state index < -0.39 is 12.1 Å². The minimum Gasteiger partial charge on any atom is -0.392 e. The van der Waals surface area contributed by atoms with Crippen LogP contribution < -0.4 is 11.1 Å². The summed E-state index contributed by atoms with van der Waals surface area (Å²) < 4.78 is 0. The molecule has 0 aliphatic heterocycles. The molecule has 4 N–H and O–H groups in total. The Hall–Kier alpha value is -1.39. The van der Waals surface area contributed by atoms with Crippen molar-refractivity contribution in [2.45, 2.75) is 38.8 Å². The van der Waals surface area contributed by atoms with E-state index in [-0.39, 0.29) is 12.5 Å². The van der Waals surface area contributed by atoms with Crippen molar-refractivity contribution >= 4 is 5.91 Å². The van der Waals surface area contributed by atoms with Crippen molar-refractivity contribution in [3.63, 3.8) is 0 Å². The Labute approximate surface area is 108 Å². The van der Waals surface area contributed by atoms with Crippen molar-refractivity contribution in [1.82, 2.24) is 5.32 Å². The number of carbonyl (C=O) groups excluding carboxylic acids is 1. The molecule has 0 heterocycles. The van der Waals surface area contributed by atoms with Gasteiger partial charge in [-0.3, -0.25) is 4.79 Å². The van der Waals surface area contributed by atoms with Gasteiger partial charge < -0.3 is 16.2 Å². The molecule has 100 valence electrons. The second kappa shape index (κ2) is 6.52. The molecule has 0 radical (unpaired) electrons. The predicted molar refractivity (Wildman–Crippen MR) is 72.5 cm³/mol. The molecule has 1 amide bonds. The van der Waals surface area contributed by atoms with Gasteiger partial charge in [0.2, 0.25) is 0 Å². The Morgan fingerprint density at radius 2 is 1.83 bits per heavy atom. The van der Waals surface area contributed by atoms with Crippen LogP contribution in [0.15, 0.2) is 24.3 Å². The van der Waals surface area contributed by atoms with E-state index in [1.807, 2.05) is 12.1 Å². The Morgan fingerprint density at radius 1 is 1.28 bits per heavy atom. The summed E-state index contributed by atoms with van der Waals surface area (Å²) in [6.07, 6.45) is -0.631. The third-order valence-electron chi connectivity index (χ3n) is 2.96. The fourth-order valence-electron chi connectivity index (χ4n) is 1.50. The van der Waals surface area contributed by atoms with Crippen LogP contribution in [0.1, 0.15) is 42.6 Å². The first kappa shape index (κ1) is 14.7. The molecule has 0 saturated carbocycles. The van der Waals surface area contributed by atoms with Gasteiger partial charge in [-0.25, -0.2) is 0 Å². The second-order valence-corrected chi connectivity index (χ2v) is 4.89. The summed E-state index contributed by atoms with van der Waals surface area (Å²) in [6, 6.07) is 7.07. The summed E-state index contributed by atoms with van der Waals surface area (Å²) in [7, 11) is 0. The van der Waals surface area contributed by atoms with Crippen LogP contribution in [0.4, 0.5) is 0 Å². The minimum absolute atomic E-state index is 0.165. The SMILES string of the molecule is CC(C)c1ccc(C(=O)NCC(N)C(C)O)cc1. The van der Waals surface area contributed by atoms with Crippen LogP contribution in [-0.4, -0.2) is 29.7 Å². The van der Waals surface area contributed by atoms with Crippen LogP contribution in [0.5, 0.6) is 0 Å². The Kier molecular flexibility index (Phi) is 5.31. The largest absolute Gasteiger partial charge is 0.392 e. The highest BCUT2D eigenvalue weighted by atomic mass is 16.3. The molecule has 4 nitrogen and oxygen atoms in total. The molecule has 1 aromatic carbocycles. The molecule has 0 aromatic heterocycles. The van der Waals surface area contributed by atoms with Gasteiger partial charge in [0.1, 0.15) is 0 Å².